The number of anilines is 2. The Morgan fingerprint density at radius 2 is 1.76 bits per heavy atom. The van der Waals surface area contributed by atoms with Gasteiger partial charge in [-0.25, -0.2) is 0 Å². The third kappa shape index (κ3) is 4.44. The first-order chi connectivity index (χ1) is 12.3. The quantitative estimate of drug-likeness (QED) is 0.745. The zero-order valence-corrected chi connectivity index (χ0v) is 14.5. The van der Waals surface area contributed by atoms with E-state index < -0.39 is 0 Å². The summed E-state index contributed by atoms with van der Waals surface area (Å²) < 4.78 is 11.2. The second-order valence-corrected chi connectivity index (χ2v) is 5.85. The summed E-state index contributed by atoms with van der Waals surface area (Å²) in [6.07, 6.45) is 1.56. The van der Waals surface area contributed by atoms with Crippen LogP contribution in [0.15, 0.2) is 48.5 Å². The van der Waals surface area contributed by atoms with E-state index in [2.05, 4.69) is 5.32 Å². The van der Waals surface area contributed by atoms with Gasteiger partial charge in [0.15, 0.2) is 0 Å². The SMILES string of the molecule is CCOc1ccc(OCCNc2ccccc2N2CCCC2=O)cc1. The number of nitrogens with one attached hydrogen (secondary N) is 1. The van der Waals surface area contributed by atoms with Gasteiger partial charge in [0.1, 0.15) is 18.1 Å². The molecule has 0 atom stereocenters. The smallest absolute Gasteiger partial charge is 0.227 e. The Morgan fingerprint density at radius 3 is 2.44 bits per heavy atom. The molecule has 1 saturated heterocycles. The van der Waals surface area contributed by atoms with Gasteiger partial charge in [0.25, 0.3) is 0 Å². The molecule has 0 radical (unpaired) electrons. The van der Waals surface area contributed by atoms with Crippen molar-refractivity contribution in [1.29, 1.82) is 0 Å². The number of nitrogens with zero attached hydrogens (tertiary/aromatic N) is 1. The highest BCUT2D eigenvalue weighted by molar-refractivity contribution is 5.98. The van der Waals surface area contributed by atoms with Crippen LogP contribution in [-0.4, -0.2) is 32.2 Å². The van der Waals surface area contributed by atoms with E-state index in [4.69, 9.17) is 9.47 Å². The zero-order chi connectivity index (χ0) is 17.5. The van der Waals surface area contributed by atoms with E-state index in [1.54, 1.807) is 0 Å². The first-order valence-electron chi connectivity index (χ1n) is 8.77. The second kappa shape index (κ2) is 8.42. The van der Waals surface area contributed by atoms with Gasteiger partial charge in [-0.05, 0) is 49.7 Å². The van der Waals surface area contributed by atoms with Crippen molar-refractivity contribution in [2.75, 3.05) is 36.5 Å². The lowest BCUT2D eigenvalue weighted by Crippen LogP contribution is -2.25. The van der Waals surface area contributed by atoms with E-state index in [0.29, 0.717) is 26.2 Å². The molecular weight excluding hydrogens is 316 g/mol. The van der Waals surface area contributed by atoms with Crippen LogP contribution in [0.25, 0.3) is 0 Å². The topological polar surface area (TPSA) is 50.8 Å². The Hall–Kier alpha value is -2.69. The first-order valence-corrected chi connectivity index (χ1v) is 8.77. The largest absolute Gasteiger partial charge is 0.494 e. The average molecular weight is 340 g/mol. The van der Waals surface area contributed by atoms with E-state index in [9.17, 15) is 4.79 Å². The third-order valence-corrected chi connectivity index (χ3v) is 4.09. The van der Waals surface area contributed by atoms with Gasteiger partial charge in [-0.3, -0.25) is 4.79 Å². The van der Waals surface area contributed by atoms with E-state index in [1.165, 1.54) is 0 Å². The molecular formula is C20H24N2O3. The number of ether oxygens (including phenoxy) is 2. The Bertz CT molecular complexity index is 700. The van der Waals surface area contributed by atoms with Crippen molar-refractivity contribution in [3.8, 4) is 11.5 Å². The fourth-order valence-electron chi connectivity index (χ4n) is 2.91. The molecule has 5 nitrogen and oxygen atoms in total. The molecule has 0 spiro atoms. The third-order valence-electron chi connectivity index (χ3n) is 4.09. The van der Waals surface area contributed by atoms with Gasteiger partial charge < -0.3 is 19.7 Å². The van der Waals surface area contributed by atoms with Crippen LogP contribution >= 0.6 is 0 Å². The molecule has 132 valence electrons. The monoisotopic (exact) mass is 340 g/mol. The number of carbonyl (C=O) groups is 1. The molecule has 25 heavy (non-hydrogen) atoms. The Labute approximate surface area is 148 Å². The minimum absolute atomic E-state index is 0.194. The van der Waals surface area contributed by atoms with E-state index in [0.717, 1.165) is 35.8 Å². The maximum Gasteiger partial charge on any atom is 0.227 e. The molecule has 0 unspecified atom stereocenters. The Balaban J connectivity index is 1.51. The lowest BCUT2D eigenvalue weighted by Gasteiger charge is -2.20. The summed E-state index contributed by atoms with van der Waals surface area (Å²) in [7, 11) is 0. The lowest BCUT2D eigenvalue weighted by atomic mass is 10.2. The van der Waals surface area contributed by atoms with E-state index >= 15 is 0 Å². The van der Waals surface area contributed by atoms with Crippen LogP contribution < -0.4 is 19.7 Å². The molecule has 0 aromatic heterocycles. The van der Waals surface area contributed by atoms with Crippen LogP contribution in [0, 0.1) is 0 Å². The summed E-state index contributed by atoms with van der Waals surface area (Å²) >= 11 is 0. The van der Waals surface area contributed by atoms with Gasteiger partial charge in [0, 0.05) is 19.5 Å². The summed E-state index contributed by atoms with van der Waals surface area (Å²) in [4.78, 5) is 13.8. The summed E-state index contributed by atoms with van der Waals surface area (Å²) in [6.45, 7) is 4.61. The fraction of sp³-hybridized carbons (Fsp3) is 0.350. The zero-order valence-electron chi connectivity index (χ0n) is 14.5. The summed E-state index contributed by atoms with van der Waals surface area (Å²) in [5, 5.41) is 3.37. The van der Waals surface area contributed by atoms with Crippen LogP contribution in [0.2, 0.25) is 0 Å². The van der Waals surface area contributed by atoms with Crippen LogP contribution in [0.1, 0.15) is 19.8 Å². The molecule has 2 aromatic rings. The van der Waals surface area contributed by atoms with Crippen molar-refractivity contribution in [3.05, 3.63) is 48.5 Å². The fourth-order valence-corrected chi connectivity index (χ4v) is 2.91. The number of rotatable bonds is 8. The highest BCUT2D eigenvalue weighted by Gasteiger charge is 2.23. The molecule has 5 heteroatoms. The molecule has 2 aromatic carbocycles. The summed E-state index contributed by atoms with van der Waals surface area (Å²) in [5.74, 6) is 1.85. The van der Waals surface area contributed by atoms with Crippen LogP contribution in [0.5, 0.6) is 11.5 Å². The number of hydrogen-bond acceptors (Lipinski definition) is 4. The molecule has 0 aliphatic carbocycles. The maximum atomic E-state index is 12.0. The number of carbonyl (C=O) groups excluding carboxylic acids is 1. The highest BCUT2D eigenvalue weighted by atomic mass is 16.5. The molecule has 1 fully saturated rings. The first kappa shape index (κ1) is 17.1. The van der Waals surface area contributed by atoms with Crippen LogP contribution in [0.4, 0.5) is 11.4 Å². The molecule has 1 amide bonds. The molecule has 1 aliphatic rings. The highest BCUT2D eigenvalue weighted by Crippen LogP contribution is 2.29. The predicted molar refractivity (Wildman–Crippen MR) is 99.6 cm³/mol. The number of hydrogen-bond donors (Lipinski definition) is 1. The van der Waals surface area contributed by atoms with Gasteiger partial charge in [-0.2, -0.15) is 0 Å². The normalized spacial score (nSPS) is 13.8. The van der Waals surface area contributed by atoms with Gasteiger partial charge in [-0.1, -0.05) is 12.1 Å². The van der Waals surface area contributed by atoms with Gasteiger partial charge in [0.05, 0.1) is 18.0 Å². The minimum Gasteiger partial charge on any atom is -0.494 e. The van der Waals surface area contributed by atoms with Crippen LogP contribution in [-0.2, 0) is 4.79 Å². The maximum absolute atomic E-state index is 12.0. The van der Waals surface area contributed by atoms with Crippen molar-refractivity contribution in [1.82, 2.24) is 0 Å². The van der Waals surface area contributed by atoms with E-state index in [1.807, 2.05) is 60.4 Å². The standard InChI is InChI=1S/C20H24N2O3/c1-2-24-16-9-11-17(12-10-16)25-15-13-21-18-6-3-4-7-19(18)22-14-5-8-20(22)23/h3-4,6-7,9-12,21H,2,5,8,13-15H2,1H3. The molecule has 1 N–H and O–H groups in total. The van der Waals surface area contributed by atoms with Gasteiger partial charge in [-0.15, -0.1) is 0 Å². The van der Waals surface area contributed by atoms with Crippen molar-refractivity contribution < 1.29 is 14.3 Å². The molecule has 1 aliphatic heterocycles. The number of benzene rings is 2. The Kier molecular flexibility index (Phi) is 5.77. The van der Waals surface area contributed by atoms with Gasteiger partial charge in [0.2, 0.25) is 5.91 Å². The number of amides is 1. The predicted octanol–water partition coefficient (Wildman–Crippen LogP) is 3.70. The Morgan fingerprint density at radius 1 is 1.04 bits per heavy atom. The van der Waals surface area contributed by atoms with Crippen molar-refractivity contribution in [2.24, 2.45) is 0 Å². The van der Waals surface area contributed by atoms with E-state index in [-0.39, 0.29) is 5.91 Å². The summed E-state index contributed by atoms with van der Waals surface area (Å²) in [6, 6.07) is 15.5. The van der Waals surface area contributed by atoms with Crippen LogP contribution in [0.3, 0.4) is 0 Å². The molecule has 0 bridgehead atoms. The van der Waals surface area contributed by atoms with Crippen molar-refractivity contribution >= 4 is 17.3 Å². The summed E-state index contributed by atoms with van der Waals surface area (Å²) in [5.41, 5.74) is 1.92. The lowest BCUT2D eigenvalue weighted by molar-refractivity contribution is -0.117. The molecule has 3 rings (SSSR count). The molecule has 1 heterocycles. The van der Waals surface area contributed by atoms with Crippen molar-refractivity contribution in [2.45, 2.75) is 19.8 Å². The number of para-hydroxylation sites is 2. The van der Waals surface area contributed by atoms with Gasteiger partial charge >= 0.3 is 0 Å². The van der Waals surface area contributed by atoms with Crippen molar-refractivity contribution in [3.63, 3.8) is 0 Å². The second-order valence-electron chi connectivity index (χ2n) is 5.85. The minimum atomic E-state index is 0.194. The average Bonchev–Trinajstić information content (AvgIpc) is 3.06. The molecule has 0 saturated carbocycles.